The summed E-state index contributed by atoms with van der Waals surface area (Å²) >= 11 is 6.21. The van der Waals surface area contributed by atoms with Crippen molar-refractivity contribution in [1.29, 1.82) is 0 Å². The van der Waals surface area contributed by atoms with E-state index in [2.05, 4.69) is 22.2 Å². The number of pyridine rings is 1. The Bertz CT molecular complexity index is 670. The molecule has 21 heavy (non-hydrogen) atoms. The highest BCUT2D eigenvalue weighted by Crippen LogP contribution is 2.25. The number of likely N-dealkylation sites (N-methyl/N-ethyl adjacent to an activating group) is 1. The molecule has 1 fully saturated rings. The summed E-state index contributed by atoms with van der Waals surface area (Å²) in [6, 6.07) is 9.89. The van der Waals surface area contributed by atoms with Crippen LogP contribution in [0.15, 0.2) is 30.3 Å². The van der Waals surface area contributed by atoms with Crippen LogP contribution in [0, 0.1) is 0 Å². The molecule has 1 N–H and O–H groups in total. The van der Waals surface area contributed by atoms with Crippen molar-refractivity contribution in [2.75, 3.05) is 20.1 Å². The molecular weight excluding hydrogens is 286 g/mol. The minimum Gasteiger partial charge on any atom is -0.349 e. The van der Waals surface area contributed by atoms with Crippen molar-refractivity contribution in [3.05, 3.63) is 41.0 Å². The fourth-order valence-electron chi connectivity index (χ4n) is 2.38. The van der Waals surface area contributed by atoms with E-state index in [1.165, 1.54) is 12.8 Å². The van der Waals surface area contributed by atoms with Gasteiger partial charge in [0.2, 0.25) is 0 Å². The molecule has 1 aliphatic carbocycles. The molecule has 2 aromatic rings. The van der Waals surface area contributed by atoms with Gasteiger partial charge in [0.25, 0.3) is 5.91 Å². The number of aromatic nitrogens is 1. The molecule has 1 aromatic heterocycles. The van der Waals surface area contributed by atoms with Crippen LogP contribution in [-0.2, 0) is 0 Å². The zero-order valence-corrected chi connectivity index (χ0v) is 12.7. The molecule has 1 aromatic carbocycles. The van der Waals surface area contributed by atoms with Crippen LogP contribution in [0.2, 0.25) is 5.02 Å². The highest BCUT2D eigenvalue weighted by molar-refractivity contribution is 6.35. The Hall–Kier alpha value is -1.65. The maximum absolute atomic E-state index is 12.2. The second-order valence-electron chi connectivity index (χ2n) is 5.47. The summed E-state index contributed by atoms with van der Waals surface area (Å²) in [5, 5.41) is 4.32. The maximum atomic E-state index is 12.2. The van der Waals surface area contributed by atoms with Gasteiger partial charge in [0.15, 0.2) is 0 Å². The first kappa shape index (κ1) is 14.3. The lowest BCUT2D eigenvalue weighted by molar-refractivity contribution is 0.0945. The van der Waals surface area contributed by atoms with E-state index in [0.29, 0.717) is 23.3 Å². The van der Waals surface area contributed by atoms with Crippen LogP contribution in [0.5, 0.6) is 0 Å². The Morgan fingerprint density at radius 3 is 2.95 bits per heavy atom. The molecule has 5 heteroatoms. The molecule has 1 saturated carbocycles. The Balaban J connectivity index is 1.66. The van der Waals surface area contributed by atoms with Gasteiger partial charge >= 0.3 is 0 Å². The van der Waals surface area contributed by atoms with Crippen LogP contribution in [0.3, 0.4) is 0 Å². The number of halogens is 1. The number of rotatable bonds is 5. The first-order chi connectivity index (χ1) is 10.1. The minimum atomic E-state index is -0.174. The predicted octanol–water partition coefficient (Wildman–Crippen LogP) is 2.71. The number of nitrogens with one attached hydrogen (secondary N) is 1. The molecule has 1 heterocycles. The summed E-state index contributed by atoms with van der Waals surface area (Å²) in [7, 11) is 2.09. The van der Waals surface area contributed by atoms with Crippen LogP contribution in [0.4, 0.5) is 0 Å². The minimum absolute atomic E-state index is 0.174. The van der Waals surface area contributed by atoms with Crippen molar-refractivity contribution in [1.82, 2.24) is 15.2 Å². The zero-order valence-electron chi connectivity index (χ0n) is 12.0. The number of amides is 1. The number of carbonyl (C=O) groups is 1. The van der Waals surface area contributed by atoms with Crippen molar-refractivity contribution in [3.8, 4) is 0 Å². The van der Waals surface area contributed by atoms with E-state index in [9.17, 15) is 4.79 Å². The number of hydrogen-bond acceptors (Lipinski definition) is 3. The lowest BCUT2D eigenvalue weighted by Crippen LogP contribution is -2.34. The number of para-hydroxylation sites is 1. The molecule has 1 amide bonds. The molecule has 1 aliphatic rings. The van der Waals surface area contributed by atoms with E-state index in [-0.39, 0.29) is 5.91 Å². The fraction of sp³-hybridized carbons (Fsp3) is 0.375. The average Bonchev–Trinajstić information content (AvgIpc) is 3.31. The van der Waals surface area contributed by atoms with Crippen LogP contribution in [0.1, 0.15) is 23.3 Å². The number of benzene rings is 1. The third-order valence-corrected chi connectivity index (χ3v) is 4.13. The Kier molecular flexibility index (Phi) is 4.08. The average molecular weight is 304 g/mol. The Labute approximate surface area is 129 Å². The van der Waals surface area contributed by atoms with Crippen molar-refractivity contribution in [2.45, 2.75) is 18.9 Å². The molecule has 0 radical (unpaired) electrons. The lowest BCUT2D eigenvalue weighted by Gasteiger charge is -2.15. The van der Waals surface area contributed by atoms with Gasteiger partial charge in [0.05, 0.1) is 10.5 Å². The topological polar surface area (TPSA) is 45.2 Å². The van der Waals surface area contributed by atoms with Crippen LogP contribution < -0.4 is 5.32 Å². The molecular formula is C16H18ClN3O. The van der Waals surface area contributed by atoms with E-state index in [1.54, 1.807) is 6.07 Å². The number of hydrogen-bond donors (Lipinski definition) is 1. The van der Waals surface area contributed by atoms with Crippen LogP contribution in [0.25, 0.3) is 10.9 Å². The van der Waals surface area contributed by atoms with Crippen molar-refractivity contribution in [2.24, 2.45) is 0 Å². The third-order valence-electron chi connectivity index (χ3n) is 3.82. The zero-order chi connectivity index (χ0) is 14.8. The number of fused-ring (bicyclic) bond motifs is 1. The lowest BCUT2D eigenvalue weighted by atomic mass is 10.2. The molecule has 0 spiro atoms. The fourth-order valence-corrected chi connectivity index (χ4v) is 2.65. The summed E-state index contributed by atoms with van der Waals surface area (Å²) in [4.78, 5) is 18.8. The molecule has 0 aliphatic heterocycles. The van der Waals surface area contributed by atoms with Gasteiger partial charge in [-0.25, -0.2) is 4.98 Å². The number of carbonyl (C=O) groups excluding carboxylic acids is 1. The highest BCUT2D eigenvalue weighted by Gasteiger charge is 2.25. The van der Waals surface area contributed by atoms with Crippen molar-refractivity contribution >= 4 is 28.4 Å². The molecule has 0 bridgehead atoms. The van der Waals surface area contributed by atoms with Gasteiger partial charge in [0, 0.05) is 24.5 Å². The predicted molar refractivity (Wildman–Crippen MR) is 84.7 cm³/mol. The monoisotopic (exact) mass is 303 g/mol. The second-order valence-corrected chi connectivity index (χ2v) is 5.88. The second kappa shape index (κ2) is 6.00. The Morgan fingerprint density at radius 1 is 1.43 bits per heavy atom. The Morgan fingerprint density at radius 2 is 2.19 bits per heavy atom. The number of nitrogens with zero attached hydrogens (tertiary/aromatic N) is 2. The standard InChI is InChI=1S/C16H18ClN3O/c1-20(11-6-7-11)9-8-18-16(21)15-10-13(17)12-4-2-3-5-14(12)19-15/h2-5,10-11H,6-9H2,1H3,(H,18,21). The SMILES string of the molecule is CN(CCNC(=O)c1cc(Cl)c2ccccc2n1)C1CC1. The third kappa shape index (κ3) is 3.34. The van der Waals surface area contributed by atoms with Crippen LogP contribution in [-0.4, -0.2) is 42.0 Å². The van der Waals surface area contributed by atoms with E-state index >= 15 is 0 Å². The van der Waals surface area contributed by atoms with Crippen molar-refractivity contribution < 1.29 is 4.79 Å². The summed E-state index contributed by atoms with van der Waals surface area (Å²) in [5.74, 6) is -0.174. The first-order valence-corrected chi connectivity index (χ1v) is 7.56. The molecule has 4 nitrogen and oxygen atoms in total. The van der Waals surface area contributed by atoms with Crippen molar-refractivity contribution in [3.63, 3.8) is 0 Å². The van der Waals surface area contributed by atoms with Gasteiger partial charge in [-0.2, -0.15) is 0 Å². The molecule has 0 saturated heterocycles. The smallest absolute Gasteiger partial charge is 0.270 e. The van der Waals surface area contributed by atoms with E-state index < -0.39 is 0 Å². The highest BCUT2D eigenvalue weighted by atomic mass is 35.5. The summed E-state index contributed by atoms with van der Waals surface area (Å²) in [5.41, 5.74) is 1.11. The van der Waals surface area contributed by atoms with Crippen LogP contribution >= 0.6 is 11.6 Å². The summed E-state index contributed by atoms with van der Waals surface area (Å²) in [6.07, 6.45) is 2.54. The molecule has 0 atom stereocenters. The molecule has 3 rings (SSSR count). The largest absolute Gasteiger partial charge is 0.349 e. The van der Waals surface area contributed by atoms with E-state index in [1.807, 2.05) is 24.3 Å². The summed E-state index contributed by atoms with van der Waals surface area (Å²) < 4.78 is 0. The van der Waals surface area contributed by atoms with Gasteiger partial charge in [-0.15, -0.1) is 0 Å². The first-order valence-electron chi connectivity index (χ1n) is 7.19. The van der Waals surface area contributed by atoms with Gasteiger partial charge in [-0.3, -0.25) is 4.79 Å². The van der Waals surface area contributed by atoms with Gasteiger partial charge in [0.1, 0.15) is 5.69 Å². The van der Waals surface area contributed by atoms with Gasteiger partial charge < -0.3 is 10.2 Å². The van der Waals surface area contributed by atoms with E-state index in [4.69, 9.17) is 11.6 Å². The molecule has 0 unspecified atom stereocenters. The normalized spacial score (nSPS) is 14.6. The van der Waals surface area contributed by atoms with Gasteiger partial charge in [-0.05, 0) is 32.0 Å². The maximum Gasteiger partial charge on any atom is 0.270 e. The quantitative estimate of drug-likeness (QED) is 0.924. The van der Waals surface area contributed by atoms with E-state index in [0.717, 1.165) is 17.4 Å². The van der Waals surface area contributed by atoms with Gasteiger partial charge in [-0.1, -0.05) is 29.8 Å². The summed E-state index contributed by atoms with van der Waals surface area (Å²) in [6.45, 7) is 1.48. The molecule has 110 valence electrons.